The third-order valence-corrected chi connectivity index (χ3v) is 1.70. The maximum Gasteiger partial charge on any atom is 0.0442 e. The van der Waals surface area contributed by atoms with Crippen LogP contribution in [0.15, 0.2) is 0 Å². The van der Waals surface area contributed by atoms with E-state index in [1.807, 2.05) is 0 Å². The van der Waals surface area contributed by atoms with E-state index in [0.29, 0.717) is 0 Å². The molecular weight excluding hydrogens is 156 g/mol. The minimum atomic E-state index is 0.259. The zero-order chi connectivity index (χ0) is 6.41. The van der Waals surface area contributed by atoms with Crippen molar-refractivity contribution in [2.45, 2.75) is 23.8 Å². The Morgan fingerprint density at radius 2 is 1.75 bits per heavy atom. The van der Waals surface area contributed by atoms with Crippen molar-refractivity contribution in [3.63, 3.8) is 0 Å². The van der Waals surface area contributed by atoms with Crippen LogP contribution in [-0.2, 0) is 0 Å². The maximum atomic E-state index is 4.11. The van der Waals surface area contributed by atoms with Gasteiger partial charge in [0.1, 0.15) is 0 Å². The third kappa shape index (κ3) is 7.05. The third-order valence-electron chi connectivity index (χ3n) is 0.870. The highest BCUT2D eigenvalue weighted by molar-refractivity contribution is 7.99. The van der Waals surface area contributed by atoms with Crippen LogP contribution in [0, 0.1) is 0 Å². The minimum absolute atomic E-state index is 0.259. The van der Waals surface area contributed by atoms with E-state index in [9.17, 15) is 0 Å². The molecule has 0 aliphatic carbocycles. The lowest BCUT2D eigenvalue weighted by molar-refractivity contribution is 0.774. The normalized spacial score (nSPS) is 10.5. The van der Waals surface area contributed by atoms with Crippen molar-refractivity contribution in [3.05, 3.63) is 0 Å². The molecule has 0 saturated carbocycles. The van der Waals surface area contributed by atoms with Gasteiger partial charge >= 0.3 is 0 Å². The summed E-state index contributed by atoms with van der Waals surface area (Å²) in [5.41, 5.74) is 0. The van der Waals surface area contributed by atoms with Gasteiger partial charge in [0, 0.05) is 4.58 Å². The first kappa shape index (κ1) is 9.05. The Hall–Kier alpha value is 1.05. The topological polar surface area (TPSA) is 0 Å². The van der Waals surface area contributed by atoms with E-state index >= 15 is 0 Å². The summed E-state index contributed by atoms with van der Waals surface area (Å²) in [5.74, 6) is 0.980. The lowest BCUT2D eigenvalue weighted by atomic mass is 10.3. The molecule has 0 heterocycles. The zero-order valence-corrected chi connectivity index (χ0v) is 7.43. The Labute approximate surface area is 67.7 Å². The standard InChI is InChI=1S/C5H12S3/c6-4-2-1-3-5(7)8/h5-8H,1-4H2. The fourth-order valence-corrected chi connectivity index (χ4v) is 1.03. The Kier molecular flexibility index (Phi) is 6.98. The molecule has 0 rings (SSSR count). The van der Waals surface area contributed by atoms with Gasteiger partial charge in [-0.15, -0.1) is 0 Å². The molecule has 0 amide bonds. The molecule has 0 N–H and O–H groups in total. The van der Waals surface area contributed by atoms with Gasteiger partial charge in [0.05, 0.1) is 0 Å². The Morgan fingerprint density at radius 3 is 2.12 bits per heavy atom. The highest BCUT2D eigenvalue weighted by Gasteiger charge is 1.92. The summed E-state index contributed by atoms with van der Waals surface area (Å²) >= 11 is 12.3. The molecule has 0 aromatic rings. The fraction of sp³-hybridized carbons (Fsp3) is 1.00. The van der Waals surface area contributed by atoms with Gasteiger partial charge in [-0.1, -0.05) is 6.42 Å². The Balaban J connectivity index is 2.72. The predicted molar refractivity (Wildman–Crippen MR) is 49.5 cm³/mol. The molecule has 0 fully saturated rings. The molecule has 50 valence electrons. The molecule has 0 atom stereocenters. The zero-order valence-electron chi connectivity index (χ0n) is 4.75. The number of hydrogen-bond donors (Lipinski definition) is 3. The minimum Gasteiger partial charge on any atom is -0.179 e. The van der Waals surface area contributed by atoms with E-state index < -0.39 is 0 Å². The van der Waals surface area contributed by atoms with Gasteiger partial charge in [-0.2, -0.15) is 37.9 Å². The first-order chi connectivity index (χ1) is 3.77. The van der Waals surface area contributed by atoms with Crippen LogP contribution in [0.5, 0.6) is 0 Å². The molecule has 0 unspecified atom stereocenters. The lowest BCUT2D eigenvalue weighted by Gasteiger charge is -1.99. The van der Waals surface area contributed by atoms with Crippen LogP contribution in [0.3, 0.4) is 0 Å². The van der Waals surface area contributed by atoms with Crippen LogP contribution in [-0.4, -0.2) is 10.3 Å². The highest BCUT2D eigenvalue weighted by atomic mass is 32.2. The smallest absolute Gasteiger partial charge is 0.0442 e. The predicted octanol–water partition coefficient (Wildman–Crippen LogP) is 2.27. The molecular formula is C5H12S3. The van der Waals surface area contributed by atoms with Crippen molar-refractivity contribution < 1.29 is 0 Å². The number of thiol groups is 3. The quantitative estimate of drug-likeness (QED) is 0.320. The average Bonchev–Trinajstić information content (AvgIpc) is 1.66. The monoisotopic (exact) mass is 168 g/mol. The summed E-state index contributed by atoms with van der Waals surface area (Å²) in [5, 5.41) is 0. The van der Waals surface area contributed by atoms with Crippen molar-refractivity contribution in [1.29, 1.82) is 0 Å². The van der Waals surface area contributed by atoms with Gasteiger partial charge in [-0.3, -0.25) is 0 Å². The van der Waals surface area contributed by atoms with Gasteiger partial charge in [0.25, 0.3) is 0 Å². The summed E-state index contributed by atoms with van der Waals surface area (Å²) in [6, 6.07) is 0. The van der Waals surface area contributed by atoms with E-state index in [1.165, 1.54) is 12.8 Å². The van der Waals surface area contributed by atoms with E-state index in [1.54, 1.807) is 0 Å². The van der Waals surface area contributed by atoms with Gasteiger partial charge in [-0.25, -0.2) is 0 Å². The molecule has 0 aliphatic heterocycles. The van der Waals surface area contributed by atoms with Crippen LogP contribution in [0.25, 0.3) is 0 Å². The summed E-state index contributed by atoms with van der Waals surface area (Å²) in [7, 11) is 0. The molecule has 8 heavy (non-hydrogen) atoms. The molecule has 0 nitrogen and oxygen atoms in total. The first-order valence-electron chi connectivity index (χ1n) is 2.74. The molecule has 0 aromatic heterocycles. The van der Waals surface area contributed by atoms with E-state index in [4.69, 9.17) is 0 Å². The van der Waals surface area contributed by atoms with Gasteiger partial charge in [0.15, 0.2) is 0 Å². The van der Waals surface area contributed by atoms with Crippen LogP contribution in [0.4, 0.5) is 0 Å². The van der Waals surface area contributed by atoms with E-state index in [2.05, 4.69) is 37.9 Å². The van der Waals surface area contributed by atoms with Crippen LogP contribution in [0.2, 0.25) is 0 Å². The second-order valence-corrected chi connectivity index (χ2v) is 3.80. The molecule has 3 heteroatoms. The second kappa shape index (κ2) is 6.17. The van der Waals surface area contributed by atoms with E-state index in [-0.39, 0.29) is 4.58 Å². The molecule has 0 radical (unpaired) electrons. The van der Waals surface area contributed by atoms with Gasteiger partial charge < -0.3 is 0 Å². The molecule has 0 saturated heterocycles. The average molecular weight is 168 g/mol. The molecule has 0 aliphatic rings. The number of rotatable bonds is 4. The fourth-order valence-electron chi connectivity index (χ4n) is 0.439. The summed E-state index contributed by atoms with van der Waals surface area (Å²) < 4.78 is 0.259. The SMILES string of the molecule is SCCCCC(S)S. The molecule has 0 spiro atoms. The second-order valence-electron chi connectivity index (χ2n) is 1.70. The van der Waals surface area contributed by atoms with Gasteiger partial charge in [0.2, 0.25) is 0 Å². The van der Waals surface area contributed by atoms with Crippen molar-refractivity contribution in [2.24, 2.45) is 0 Å². The van der Waals surface area contributed by atoms with Crippen LogP contribution in [0.1, 0.15) is 19.3 Å². The van der Waals surface area contributed by atoms with Crippen molar-refractivity contribution >= 4 is 37.9 Å². The lowest BCUT2D eigenvalue weighted by Crippen LogP contribution is -1.86. The summed E-state index contributed by atoms with van der Waals surface area (Å²) in [6.45, 7) is 0. The van der Waals surface area contributed by atoms with Crippen molar-refractivity contribution in [2.75, 3.05) is 5.75 Å². The van der Waals surface area contributed by atoms with Crippen LogP contribution < -0.4 is 0 Å². The first-order valence-corrected chi connectivity index (χ1v) is 4.41. The van der Waals surface area contributed by atoms with E-state index in [0.717, 1.165) is 12.2 Å². The highest BCUT2D eigenvalue weighted by Crippen LogP contribution is 2.09. The summed E-state index contributed by atoms with van der Waals surface area (Å²) in [6.07, 6.45) is 3.47. The Bertz CT molecular complexity index is 44.9. The maximum absolute atomic E-state index is 4.11. The van der Waals surface area contributed by atoms with Crippen molar-refractivity contribution in [1.82, 2.24) is 0 Å². The summed E-state index contributed by atoms with van der Waals surface area (Å²) in [4.78, 5) is 0. The number of hydrogen-bond acceptors (Lipinski definition) is 3. The van der Waals surface area contributed by atoms with Gasteiger partial charge in [-0.05, 0) is 18.6 Å². The Morgan fingerprint density at radius 1 is 1.12 bits per heavy atom. The number of unbranched alkanes of at least 4 members (excludes halogenated alkanes) is 1. The molecule has 0 aromatic carbocycles. The van der Waals surface area contributed by atoms with Crippen molar-refractivity contribution in [3.8, 4) is 0 Å². The molecule has 0 bridgehead atoms. The largest absolute Gasteiger partial charge is 0.179 e. The van der Waals surface area contributed by atoms with Crippen LogP contribution >= 0.6 is 37.9 Å².